The topological polar surface area (TPSA) is 190 Å². The van der Waals surface area contributed by atoms with E-state index in [-0.39, 0.29) is 113 Å². The fourth-order valence-electron chi connectivity index (χ4n) is 0. The Hall–Kier alpha value is 3.84. The SMILES string of the molecule is O=[P+]([O-])[O-].O=[P+]([O-])[O-].O=[P+]([O-])[O-].[Ca+2].[Ca+2].[Ca+2]. The zero-order valence-electron chi connectivity index (χ0n) is 7.14. The molecule has 15 heteroatoms. The molecule has 0 N–H and O–H groups in total. The van der Waals surface area contributed by atoms with Gasteiger partial charge in [-0.2, -0.15) is 0 Å². The Labute approximate surface area is 177 Å². The molecule has 0 aliphatic rings. The minimum atomic E-state index is -3.37. The Morgan fingerprint density at radius 1 is 0.467 bits per heavy atom. The Kier molecular flexibility index (Phi) is 74.4. The fourth-order valence-corrected chi connectivity index (χ4v) is 0. The molecule has 0 aromatic heterocycles. The van der Waals surface area contributed by atoms with E-state index >= 15 is 0 Å². The minimum absolute atomic E-state index is 0. The fraction of sp³-hybridized carbons (Fsp3) is 0. The van der Waals surface area contributed by atoms with Crippen LogP contribution in [-0.4, -0.2) is 113 Å². The van der Waals surface area contributed by atoms with Crippen molar-refractivity contribution in [3.8, 4) is 0 Å². The van der Waals surface area contributed by atoms with E-state index in [1.54, 1.807) is 0 Å². The van der Waals surface area contributed by atoms with E-state index in [1.165, 1.54) is 0 Å². The zero-order valence-corrected chi connectivity index (χ0v) is 16.4. The average Bonchev–Trinajstić information content (AvgIpc) is 1.54. The van der Waals surface area contributed by atoms with E-state index in [9.17, 15) is 0 Å². The third-order valence-electron chi connectivity index (χ3n) is 0. The Bertz CT molecular complexity index is 118. The van der Waals surface area contributed by atoms with E-state index < -0.39 is 24.8 Å². The van der Waals surface area contributed by atoms with Crippen molar-refractivity contribution in [3.63, 3.8) is 0 Å². The van der Waals surface area contributed by atoms with Crippen LogP contribution in [0.1, 0.15) is 0 Å². The molecule has 15 heavy (non-hydrogen) atoms. The molecule has 0 bridgehead atoms. The van der Waals surface area contributed by atoms with Gasteiger partial charge in [-0.25, -0.2) is 0 Å². The van der Waals surface area contributed by atoms with Crippen molar-refractivity contribution in [2.24, 2.45) is 0 Å². The van der Waals surface area contributed by atoms with E-state index in [2.05, 4.69) is 0 Å². The number of hydrogen-bond acceptors (Lipinski definition) is 9. The second-order valence-corrected chi connectivity index (χ2v) is 2.01. The van der Waals surface area contributed by atoms with Gasteiger partial charge in [-0.3, -0.25) is 0 Å². The van der Waals surface area contributed by atoms with Gasteiger partial charge in [-0.15, -0.1) is 0 Å². The molecule has 0 spiro atoms. The van der Waals surface area contributed by atoms with Crippen LogP contribution in [0.3, 0.4) is 0 Å². The van der Waals surface area contributed by atoms with Gasteiger partial charge in [-0.1, -0.05) is 13.7 Å². The summed E-state index contributed by atoms with van der Waals surface area (Å²) in [6, 6.07) is 0. The first kappa shape index (κ1) is 36.4. The second-order valence-electron chi connectivity index (χ2n) is 0.671. The first-order valence-corrected chi connectivity index (χ1v) is 4.93. The van der Waals surface area contributed by atoms with Crippen LogP contribution in [0.2, 0.25) is 0 Å². The van der Waals surface area contributed by atoms with Gasteiger partial charge in [0, 0.05) is 0 Å². The molecule has 0 saturated carbocycles. The molecule has 0 heterocycles. The van der Waals surface area contributed by atoms with Crippen molar-refractivity contribution in [1.29, 1.82) is 0 Å². The molecule has 0 amide bonds. The van der Waals surface area contributed by atoms with Gasteiger partial charge < -0.3 is 29.4 Å². The average molecular weight is 357 g/mol. The summed E-state index contributed by atoms with van der Waals surface area (Å²) in [5.41, 5.74) is 0. The van der Waals surface area contributed by atoms with E-state index in [0.717, 1.165) is 0 Å². The van der Waals surface area contributed by atoms with Crippen LogP contribution in [0, 0.1) is 0 Å². The smallest absolute Gasteiger partial charge is 0.598 e. The van der Waals surface area contributed by atoms with Crippen LogP contribution in [0.5, 0.6) is 0 Å². The van der Waals surface area contributed by atoms with Gasteiger partial charge in [0.15, 0.2) is 0 Å². The monoisotopic (exact) mass is 357 g/mol. The molecule has 0 unspecified atom stereocenters. The summed E-state index contributed by atoms with van der Waals surface area (Å²) < 4.78 is 25.4. The van der Waals surface area contributed by atoms with Crippen molar-refractivity contribution >= 4 is 138 Å². The number of hydrogen-bond donors (Lipinski definition) is 0. The summed E-state index contributed by atoms with van der Waals surface area (Å²) in [4.78, 5) is 50.9. The van der Waals surface area contributed by atoms with Crippen molar-refractivity contribution in [2.75, 3.05) is 0 Å². The molecular weight excluding hydrogens is 357 g/mol. The van der Waals surface area contributed by atoms with Crippen molar-refractivity contribution < 1.29 is 43.1 Å². The van der Waals surface area contributed by atoms with Gasteiger partial charge in [0.2, 0.25) is 0 Å². The third-order valence-corrected chi connectivity index (χ3v) is 0. The molecule has 0 aliphatic carbocycles. The van der Waals surface area contributed by atoms with Gasteiger partial charge in [0.05, 0.1) is 0 Å². The Morgan fingerprint density at radius 2 is 0.467 bits per heavy atom. The standard InChI is InChI=1S/3Ca.3HO3P/c;;;3*1-4(2)3/h;;;3*(H,1,2,3)/q3*+2;;;/p-3. The van der Waals surface area contributed by atoms with Gasteiger partial charge in [-0.05, 0) is 0 Å². The van der Waals surface area contributed by atoms with Crippen LogP contribution >= 0.6 is 24.8 Å². The second kappa shape index (κ2) is 30.7. The van der Waals surface area contributed by atoms with Crippen molar-refractivity contribution in [3.05, 3.63) is 0 Å². The third kappa shape index (κ3) is 304. The maximum Gasteiger partial charge on any atom is 2.00 e. The van der Waals surface area contributed by atoms with Crippen LogP contribution in [0.4, 0.5) is 0 Å². The van der Waals surface area contributed by atoms with Crippen LogP contribution < -0.4 is 29.4 Å². The molecule has 72 valence electrons. The number of rotatable bonds is 0. The minimum Gasteiger partial charge on any atom is -0.598 e. The van der Waals surface area contributed by atoms with Crippen LogP contribution in [0.15, 0.2) is 0 Å². The normalized spacial score (nSPS) is 5.20. The van der Waals surface area contributed by atoms with Crippen molar-refractivity contribution in [1.82, 2.24) is 0 Å². The van der Waals surface area contributed by atoms with Gasteiger partial charge >= 0.3 is 113 Å². The predicted octanol–water partition coefficient (Wildman–Crippen LogP) is -6.05. The summed E-state index contributed by atoms with van der Waals surface area (Å²) in [6.07, 6.45) is 0. The maximum atomic E-state index is 8.48. The Balaban J connectivity index is -0.0000000184. The van der Waals surface area contributed by atoms with Crippen LogP contribution in [-0.2, 0) is 13.7 Å². The maximum absolute atomic E-state index is 8.48. The van der Waals surface area contributed by atoms with Gasteiger partial charge in [0.25, 0.3) is 24.8 Å². The molecule has 0 aliphatic heterocycles. The molecule has 0 aromatic carbocycles. The summed E-state index contributed by atoms with van der Waals surface area (Å²) in [5.74, 6) is 0. The molecule has 0 fully saturated rings. The molecule has 0 aromatic rings. The molecule has 9 nitrogen and oxygen atoms in total. The van der Waals surface area contributed by atoms with E-state index in [0.29, 0.717) is 0 Å². The largest absolute Gasteiger partial charge is 2.00 e. The summed E-state index contributed by atoms with van der Waals surface area (Å²) in [5, 5.41) is 0. The summed E-state index contributed by atoms with van der Waals surface area (Å²) in [6.45, 7) is 0. The zero-order chi connectivity index (χ0) is 10.7. The summed E-state index contributed by atoms with van der Waals surface area (Å²) >= 11 is 0. The quantitative estimate of drug-likeness (QED) is 0.300. The van der Waals surface area contributed by atoms with Crippen molar-refractivity contribution in [2.45, 2.75) is 0 Å². The molecule has 0 saturated heterocycles. The summed E-state index contributed by atoms with van der Waals surface area (Å²) in [7, 11) is -10.1. The first-order chi connectivity index (χ1) is 5.20. The van der Waals surface area contributed by atoms with Crippen LogP contribution in [0.25, 0.3) is 0 Å². The first-order valence-electron chi connectivity index (χ1n) is 1.64. The molecular formula is Ca3O9P3+3. The van der Waals surface area contributed by atoms with E-state index in [1.807, 2.05) is 0 Å². The predicted molar refractivity (Wildman–Crippen MR) is 40.1 cm³/mol. The molecule has 0 atom stereocenters. The van der Waals surface area contributed by atoms with E-state index in [4.69, 9.17) is 43.1 Å². The Morgan fingerprint density at radius 3 is 0.467 bits per heavy atom. The molecule has 0 rings (SSSR count). The van der Waals surface area contributed by atoms with Gasteiger partial charge in [0.1, 0.15) is 0 Å². The molecule has 0 radical (unpaired) electrons.